The van der Waals surface area contributed by atoms with E-state index in [0.29, 0.717) is 6.54 Å². The Morgan fingerprint density at radius 1 is 1.38 bits per heavy atom. The van der Waals surface area contributed by atoms with Crippen LogP contribution in [0.3, 0.4) is 0 Å². The molecule has 1 unspecified atom stereocenters. The van der Waals surface area contributed by atoms with Crippen LogP contribution in [-0.2, 0) is 13.0 Å². The Kier molecular flexibility index (Phi) is 4.04. The molecule has 1 aliphatic rings. The van der Waals surface area contributed by atoms with Crippen molar-refractivity contribution in [3.8, 4) is 5.75 Å². The summed E-state index contributed by atoms with van der Waals surface area (Å²) in [5.41, 5.74) is 2.28. The van der Waals surface area contributed by atoms with E-state index in [1.165, 1.54) is 5.56 Å². The minimum absolute atomic E-state index is 0.146. The van der Waals surface area contributed by atoms with Crippen molar-refractivity contribution in [2.24, 2.45) is 4.99 Å². The molecule has 0 saturated carbocycles. The first-order chi connectivity index (χ1) is 10.3. The van der Waals surface area contributed by atoms with E-state index in [2.05, 4.69) is 31.9 Å². The summed E-state index contributed by atoms with van der Waals surface area (Å²) in [4.78, 5) is 4.20. The fourth-order valence-corrected chi connectivity index (χ4v) is 2.36. The average Bonchev–Trinajstić information content (AvgIpc) is 3.16. The van der Waals surface area contributed by atoms with Crippen LogP contribution in [0.2, 0.25) is 0 Å². The number of fused-ring (bicyclic) bond motifs is 1. The van der Waals surface area contributed by atoms with Crippen LogP contribution in [0.5, 0.6) is 5.75 Å². The summed E-state index contributed by atoms with van der Waals surface area (Å²) >= 11 is 0. The van der Waals surface area contributed by atoms with Crippen LogP contribution in [0.4, 0.5) is 0 Å². The van der Waals surface area contributed by atoms with E-state index in [-0.39, 0.29) is 6.10 Å². The molecule has 0 amide bonds. The number of benzene rings is 1. The van der Waals surface area contributed by atoms with Crippen LogP contribution in [0, 0.1) is 0 Å². The van der Waals surface area contributed by atoms with E-state index >= 15 is 0 Å². The van der Waals surface area contributed by atoms with Gasteiger partial charge in [-0.25, -0.2) is 0 Å². The molecule has 0 fully saturated rings. The lowest BCUT2D eigenvalue weighted by atomic mass is 10.1. The van der Waals surface area contributed by atoms with Gasteiger partial charge in [0, 0.05) is 19.7 Å². The number of nitrogens with zero attached hydrogens (tertiary/aromatic N) is 2. The Bertz CT molecular complexity index is 583. The fourth-order valence-electron chi connectivity index (χ4n) is 2.36. The Labute approximate surface area is 123 Å². The van der Waals surface area contributed by atoms with Crippen molar-refractivity contribution in [2.75, 3.05) is 13.6 Å². The molecule has 3 N–H and O–H groups in total. The van der Waals surface area contributed by atoms with Crippen LogP contribution in [0.25, 0.3) is 0 Å². The van der Waals surface area contributed by atoms with E-state index in [4.69, 9.17) is 4.74 Å². The third-order valence-electron chi connectivity index (χ3n) is 3.44. The van der Waals surface area contributed by atoms with Gasteiger partial charge >= 0.3 is 0 Å². The van der Waals surface area contributed by atoms with E-state index < -0.39 is 0 Å². The minimum atomic E-state index is 0.146. The van der Waals surface area contributed by atoms with Gasteiger partial charge in [0.25, 0.3) is 0 Å². The van der Waals surface area contributed by atoms with Crippen molar-refractivity contribution < 1.29 is 4.74 Å². The molecular weight excluding hydrogens is 266 g/mol. The number of para-hydroxylation sites is 1. The predicted molar refractivity (Wildman–Crippen MR) is 81.4 cm³/mol. The van der Waals surface area contributed by atoms with Gasteiger partial charge in [0.05, 0.1) is 18.8 Å². The molecule has 2 aromatic rings. The van der Waals surface area contributed by atoms with Crippen LogP contribution in [0.15, 0.2) is 41.5 Å². The lowest BCUT2D eigenvalue weighted by Gasteiger charge is -2.15. The minimum Gasteiger partial charge on any atom is -0.488 e. The average molecular weight is 285 g/mol. The second-order valence-electron chi connectivity index (χ2n) is 4.94. The van der Waals surface area contributed by atoms with Crippen LogP contribution in [-0.4, -0.2) is 35.9 Å². The van der Waals surface area contributed by atoms with Gasteiger partial charge in [-0.05, 0) is 17.7 Å². The number of hydrogen-bond acceptors (Lipinski definition) is 3. The van der Waals surface area contributed by atoms with Crippen molar-refractivity contribution in [1.82, 2.24) is 20.8 Å². The molecule has 0 radical (unpaired) electrons. The molecule has 0 saturated heterocycles. The second-order valence-corrected chi connectivity index (χ2v) is 4.94. The van der Waals surface area contributed by atoms with Gasteiger partial charge in [-0.15, -0.1) is 0 Å². The number of H-pyrrole nitrogens is 1. The maximum Gasteiger partial charge on any atom is 0.191 e. The lowest BCUT2D eigenvalue weighted by Crippen LogP contribution is -2.42. The standard InChI is InChI=1S/C15H19N5O/c1-16-15(17-9-12-6-7-19-20-12)18-10-13-8-11-4-2-3-5-14(11)21-13/h2-7,13H,8-10H2,1H3,(H,19,20)(H2,16,17,18). The molecule has 1 atom stereocenters. The maximum atomic E-state index is 5.89. The largest absolute Gasteiger partial charge is 0.488 e. The Balaban J connectivity index is 1.46. The van der Waals surface area contributed by atoms with E-state index in [1.54, 1.807) is 13.2 Å². The number of rotatable bonds is 4. The molecule has 1 aliphatic heterocycles. The number of nitrogens with one attached hydrogen (secondary N) is 3. The SMILES string of the molecule is CN=C(NCc1ccn[nH]1)NCC1Cc2ccccc2O1. The third-order valence-corrected chi connectivity index (χ3v) is 3.44. The molecule has 2 heterocycles. The smallest absolute Gasteiger partial charge is 0.191 e. The molecule has 1 aromatic carbocycles. The topological polar surface area (TPSA) is 74.3 Å². The highest BCUT2D eigenvalue weighted by Crippen LogP contribution is 2.27. The highest BCUT2D eigenvalue weighted by atomic mass is 16.5. The number of aromatic amines is 1. The summed E-state index contributed by atoms with van der Waals surface area (Å²) in [6.45, 7) is 1.38. The zero-order valence-corrected chi connectivity index (χ0v) is 12.0. The molecule has 3 rings (SSSR count). The van der Waals surface area contributed by atoms with Gasteiger partial charge in [0.15, 0.2) is 5.96 Å². The highest BCUT2D eigenvalue weighted by Gasteiger charge is 2.22. The molecule has 110 valence electrons. The number of hydrogen-bond donors (Lipinski definition) is 3. The van der Waals surface area contributed by atoms with Crippen molar-refractivity contribution in [1.29, 1.82) is 0 Å². The quantitative estimate of drug-likeness (QED) is 0.580. The zero-order chi connectivity index (χ0) is 14.5. The van der Waals surface area contributed by atoms with E-state index in [0.717, 1.165) is 30.4 Å². The lowest BCUT2D eigenvalue weighted by molar-refractivity contribution is 0.235. The number of aliphatic imine (C=N–C) groups is 1. The Morgan fingerprint density at radius 2 is 2.29 bits per heavy atom. The van der Waals surface area contributed by atoms with Gasteiger partial charge in [-0.3, -0.25) is 10.1 Å². The molecule has 1 aromatic heterocycles. The van der Waals surface area contributed by atoms with Crippen LogP contribution < -0.4 is 15.4 Å². The van der Waals surface area contributed by atoms with E-state index in [9.17, 15) is 0 Å². The van der Waals surface area contributed by atoms with Crippen molar-refractivity contribution in [3.63, 3.8) is 0 Å². The molecular formula is C15H19N5O. The number of ether oxygens (including phenoxy) is 1. The molecule has 6 nitrogen and oxygen atoms in total. The molecule has 0 aliphatic carbocycles. The molecule has 0 spiro atoms. The van der Waals surface area contributed by atoms with Crippen LogP contribution in [0.1, 0.15) is 11.3 Å². The first kappa shape index (κ1) is 13.5. The third kappa shape index (κ3) is 3.34. The monoisotopic (exact) mass is 285 g/mol. The fraction of sp³-hybridized carbons (Fsp3) is 0.333. The van der Waals surface area contributed by atoms with Crippen molar-refractivity contribution >= 4 is 5.96 Å². The Hall–Kier alpha value is -2.50. The molecule has 6 heteroatoms. The summed E-state index contributed by atoms with van der Waals surface area (Å²) < 4.78 is 5.89. The first-order valence-corrected chi connectivity index (χ1v) is 7.02. The summed E-state index contributed by atoms with van der Waals surface area (Å²) in [7, 11) is 1.76. The molecule has 21 heavy (non-hydrogen) atoms. The maximum absolute atomic E-state index is 5.89. The van der Waals surface area contributed by atoms with Gasteiger partial charge < -0.3 is 15.4 Å². The first-order valence-electron chi connectivity index (χ1n) is 7.02. The van der Waals surface area contributed by atoms with Crippen molar-refractivity contribution in [3.05, 3.63) is 47.8 Å². The molecule has 0 bridgehead atoms. The van der Waals surface area contributed by atoms with Crippen LogP contribution >= 0.6 is 0 Å². The second kappa shape index (κ2) is 6.30. The number of aromatic nitrogens is 2. The van der Waals surface area contributed by atoms with Gasteiger partial charge in [-0.1, -0.05) is 18.2 Å². The number of guanidine groups is 1. The summed E-state index contributed by atoms with van der Waals surface area (Å²) in [5.74, 6) is 1.74. The summed E-state index contributed by atoms with van der Waals surface area (Å²) in [6, 6.07) is 10.1. The highest BCUT2D eigenvalue weighted by molar-refractivity contribution is 5.79. The zero-order valence-electron chi connectivity index (χ0n) is 12.0. The summed E-state index contributed by atoms with van der Waals surface area (Å²) in [5, 5.41) is 13.3. The van der Waals surface area contributed by atoms with Gasteiger partial charge in [0.2, 0.25) is 0 Å². The summed E-state index contributed by atoms with van der Waals surface area (Å²) in [6.07, 6.45) is 2.81. The van der Waals surface area contributed by atoms with Gasteiger partial charge in [0.1, 0.15) is 11.9 Å². The normalized spacial score (nSPS) is 17.2. The van der Waals surface area contributed by atoms with Gasteiger partial charge in [-0.2, -0.15) is 5.10 Å². The van der Waals surface area contributed by atoms with E-state index in [1.807, 2.05) is 24.3 Å². The predicted octanol–water partition coefficient (Wildman–Crippen LogP) is 1.08. The Morgan fingerprint density at radius 3 is 3.05 bits per heavy atom. The van der Waals surface area contributed by atoms with Crippen molar-refractivity contribution in [2.45, 2.75) is 19.1 Å².